The fraction of sp³-hybridized carbons (Fsp3) is 0.391. The Labute approximate surface area is 214 Å². The molecule has 9 heteroatoms. The molecule has 3 N–H and O–H groups in total. The molecular weight excluding hydrogens is 630 g/mol. The Morgan fingerprint density at radius 1 is 1.34 bits per heavy atom. The normalized spacial score (nSPS) is 11.7. The van der Waals surface area contributed by atoms with Crippen molar-refractivity contribution in [2.24, 2.45) is 5.10 Å². The Kier molecular flexibility index (Phi) is 15.3. The van der Waals surface area contributed by atoms with E-state index in [1.54, 1.807) is 31.6 Å². The van der Waals surface area contributed by atoms with Gasteiger partial charge in [-0.05, 0) is 25.6 Å². The van der Waals surface area contributed by atoms with Gasteiger partial charge in [0.25, 0.3) is 0 Å². The Morgan fingerprint density at radius 2 is 2.06 bits per heavy atom. The summed E-state index contributed by atoms with van der Waals surface area (Å²) in [7, 11) is 1.56. The maximum absolute atomic E-state index is 11.6. The van der Waals surface area contributed by atoms with Gasteiger partial charge >= 0.3 is 37.1 Å². The van der Waals surface area contributed by atoms with Gasteiger partial charge in [0.05, 0.1) is 11.8 Å². The molecule has 1 radical (unpaired) electrons. The molecule has 8 nitrogen and oxygen atoms in total. The Bertz CT molecular complexity index is 885. The fourth-order valence-corrected chi connectivity index (χ4v) is 2.51. The number of pyridine rings is 2. The van der Waals surface area contributed by atoms with E-state index in [-0.39, 0.29) is 37.1 Å². The van der Waals surface area contributed by atoms with Crippen LogP contribution in [0.3, 0.4) is 0 Å². The second-order valence-electron chi connectivity index (χ2n) is 6.19. The van der Waals surface area contributed by atoms with Gasteiger partial charge in [-0.3, -0.25) is 4.98 Å². The number of carbonyl (C=O) groups is 1. The zero-order chi connectivity index (χ0) is 23.2. The van der Waals surface area contributed by atoms with Crippen LogP contribution in [0.1, 0.15) is 62.6 Å². The predicted molar refractivity (Wildman–Crippen MR) is 126 cm³/mol. The van der Waals surface area contributed by atoms with E-state index in [0.717, 1.165) is 11.1 Å². The third-order valence-electron chi connectivity index (χ3n) is 4.02. The van der Waals surface area contributed by atoms with Crippen molar-refractivity contribution in [3.63, 3.8) is 0 Å². The molecule has 2 rings (SSSR count). The van der Waals surface area contributed by atoms with Gasteiger partial charge in [0.15, 0.2) is 0 Å². The summed E-state index contributed by atoms with van der Waals surface area (Å²) in [5.41, 5.74) is 7.42. The fourth-order valence-electron chi connectivity index (χ4n) is 2.51. The smallest absolute Gasteiger partial charge is 0.618 e. The molecule has 2 aromatic heterocycles. The van der Waals surface area contributed by atoms with E-state index in [1.807, 2.05) is 40.7 Å². The van der Waals surface area contributed by atoms with Crippen LogP contribution >= 0.6 is 0 Å². The van der Waals surface area contributed by atoms with Crippen LogP contribution < -0.4 is 10.6 Å². The molecule has 0 saturated heterocycles. The number of anilines is 1. The minimum absolute atomic E-state index is 0. The number of aliphatic hydroxyl groups is 1. The molecule has 0 aliphatic heterocycles. The molecule has 32 heavy (non-hydrogen) atoms. The Hall–Kier alpha value is -2.21. The molecule has 1 atom stereocenters. The van der Waals surface area contributed by atoms with Crippen LogP contribution in [0.4, 0.5) is 10.6 Å². The monoisotopic (exact) mass is 661 g/mol. The molecule has 0 aliphatic carbocycles. The van der Waals surface area contributed by atoms with Crippen LogP contribution in [0.25, 0.3) is 17.1 Å². The van der Waals surface area contributed by atoms with Gasteiger partial charge in [-0.1, -0.05) is 45.7 Å². The largest absolute Gasteiger partial charge is 3.00 e. The van der Waals surface area contributed by atoms with E-state index in [1.165, 1.54) is 0 Å². The van der Waals surface area contributed by atoms with Crippen LogP contribution in [0.2, 0.25) is 0 Å². The van der Waals surface area contributed by atoms with Gasteiger partial charge < -0.3 is 31.3 Å². The predicted octanol–water partition coefficient (Wildman–Crippen LogP) is 4.60. The van der Waals surface area contributed by atoms with Crippen molar-refractivity contribution < 1.29 is 41.0 Å². The van der Waals surface area contributed by atoms with Gasteiger partial charge in [-0.2, -0.15) is 11.6 Å². The summed E-state index contributed by atoms with van der Waals surface area (Å²) in [6.45, 7) is 10.2. The molecule has 169 valence electrons. The van der Waals surface area contributed by atoms with Crippen LogP contribution in [0.5, 0.6) is 0 Å². The minimum atomic E-state index is -0.596. The number of nitrogens with zero attached hydrogens (tertiary/aromatic N) is 4. The minimum Gasteiger partial charge on any atom is -0.618 e. The van der Waals surface area contributed by atoms with Crippen molar-refractivity contribution in [1.82, 2.24) is 15.3 Å². The first-order chi connectivity index (χ1) is 15.0. The zero-order valence-corrected chi connectivity index (χ0v) is 23.7. The molecule has 2 amide bonds. The van der Waals surface area contributed by atoms with Gasteiger partial charge in [-0.25, -0.2) is 4.79 Å². The van der Waals surface area contributed by atoms with E-state index in [4.69, 9.17) is 0 Å². The summed E-state index contributed by atoms with van der Waals surface area (Å²) in [5, 5.41) is 19.1. The standard InChI is InChI=1S/C21H25N6O2.C2H6.U/c1-5-19(28)18-9-14(3)17(13-24-18)16(12-26-22-4)10-15-7-8-20(25-11-15)27-21(29)23-6-2;1-2;/h8-11,13,19,28H,5-6H2,1-4H3,(H2,23,25,26,27,29);1-2H3;/q-3;;+3. The number of aliphatic hydroxyl groups excluding tert-OH is 1. The summed E-state index contributed by atoms with van der Waals surface area (Å²) in [6, 6.07) is 6.18. The second-order valence-corrected chi connectivity index (χ2v) is 6.19. The topological polar surface area (TPSA) is 114 Å². The molecule has 2 heterocycles. The van der Waals surface area contributed by atoms with Crippen molar-refractivity contribution in [3.8, 4) is 0 Å². The first kappa shape index (κ1) is 29.8. The number of amides is 2. The molecule has 0 aromatic carbocycles. The van der Waals surface area contributed by atoms with E-state index in [0.29, 0.717) is 35.6 Å². The number of carbonyl (C=O) groups excluding carboxylic acids is 1. The van der Waals surface area contributed by atoms with Crippen molar-refractivity contribution >= 4 is 29.7 Å². The number of aromatic nitrogens is 2. The van der Waals surface area contributed by atoms with E-state index in [9.17, 15) is 9.90 Å². The van der Waals surface area contributed by atoms with Gasteiger partial charge in [0.1, 0.15) is 0 Å². The average molecular weight is 662 g/mol. The second kappa shape index (κ2) is 16.4. The number of nitrogens with one attached hydrogen (secondary N) is 2. The number of aryl methyl sites for hydroxylation is 1. The van der Waals surface area contributed by atoms with E-state index >= 15 is 0 Å². The number of rotatable bonds is 8. The number of hydrogen-bond acceptors (Lipinski definition) is 5. The molecule has 0 bridgehead atoms. The van der Waals surface area contributed by atoms with Crippen molar-refractivity contribution in [2.75, 3.05) is 18.9 Å². The Balaban J connectivity index is 0.00000311. The Morgan fingerprint density at radius 3 is 2.59 bits per heavy atom. The van der Waals surface area contributed by atoms with Gasteiger partial charge in [-0.15, -0.1) is 30.3 Å². The van der Waals surface area contributed by atoms with Gasteiger partial charge in [0, 0.05) is 12.4 Å². The zero-order valence-electron chi connectivity index (χ0n) is 19.5. The third kappa shape index (κ3) is 9.51. The van der Waals surface area contributed by atoms with E-state index in [2.05, 4.69) is 43.4 Å². The quantitative estimate of drug-likeness (QED) is 0.218. The molecule has 0 spiro atoms. The molecule has 0 saturated carbocycles. The summed E-state index contributed by atoms with van der Waals surface area (Å²) in [5.74, 6) is 0.395. The van der Waals surface area contributed by atoms with Crippen LogP contribution in [0.15, 0.2) is 29.6 Å². The first-order valence-electron chi connectivity index (χ1n) is 10.3. The molecule has 0 fully saturated rings. The van der Waals surface area contributed by atoms with Crippen LogP contribution in [-0.2, 0) is 0 Å². The SMILES string of the molecule is CC.CCNC(=O)Nc1c[c-]c(/C=C(\[C-]=N[N-]C)c2cnc(C(O)CC)cc2C)cn1.[U+3]. The molecule has 2 aromatic rings. The van der Waals surface area contributed by atoms with Crippen molar-refractivity contribution in [2.45, 2.75) is 47.1 Å². The van der Waals surface area contributed by atoms with E-state index < -0.39 is 6.10 Å². The molecular formula is C23H31N6O2U. The number of allylic oxidation sites excluding steroid dienone is 1. The molecule has 1 unspecified atom stereocenters. The molecule has 0 aliphatic rings. The van der Waals surface area contributed by atoms with Crippen molar-refractivity contribution in [1.29, 1.82) is 0 Å². The number of urea groups is 1. The summed E-state index contributed by atoms with van der Waals surface area (Å²) >= 11 is 0. The summed E-state index contributed by atoms with van der Waals surface area (Å²) < 4.78 is 0. The van der Waals surface area contributed by atoms with Gasteiger partial charge in [0.2, 0.25) is 0 Å². The van der Waals surface area contributed by atoms with Crippen molar-refractivity contribution in [3.05, 3.63) is 58.4 Å². The number of hydrogen-bond donors (Lipinski definition) is 3. The van der Waals surface area contributed by atoms with Crippen LogP contribution in [-0.4, -0.2) is 40.9 Å². The first-order valence-corrected chi connectivity index (χ1v) is 10.3. The third-order valence-corrected chi connectivity index (χ3v) is 4.02. The van der Waals surface area contributed by atoms with Crippen LogP contribution in [0, 0.1) is 44.1 Å². The average Bonchev–Trinajstić information content (AvgIpc) is 2.79. The summed E-state index contributed by atoms with van der Waals surface area (Å²) in [6.07, 6.45) is 7.96. The maximum Gasteiger partial charge on any atom is 3.00 e. The maximum atomic E-state index is 11.6. The summed E-state index contributed by atoms with van der Waals surface area (Å²) in [4.78, 5) is 20.1.